The van der Waals surface area contributed by atoms with E-state index in [0.717, 1.165) is 34.3 Å². The van der Waals surface area contributed by atoms with Crippen LogP contribution in [0.5, 0.6) is 0 Å². The summed E-state index contributed by atoms with van der Waals surface area (Å²) in [4.78, 5) is 13.9. The first-order chi connectivity index (χ1) is 10.2. The van der Waals surface area contributed by atoms with Crippen molar-refractivity contribution in [3.05, 3.63) is 29.0 Å². The number of fused-ring (bicyclic) bond motifs is 1. The summed E-state index contributed by atoms with van der Waals surface area (Å²) >= 11 is 3.46. The lowest BCUT2D eigenvalue weighted by Crippen LogP contribution is -2.38. The number of aromatic nitrogens is 2. The van der Waals surface area contributed by atoms with Gasteiger partial charge in [-0.3, -0.25) is 14.9 Å². The van der Waals surface area contributed by atoms with Gasteiger partial charge < -0.3 is 4.90 Å². The number of likely N-dealkylation sites (N-methyl/N-ethyl adjacent to an activating group) is 2. The Bertz CT molecular complexity index is 631. The molecule has 0 aromatic carbocycles. The molecule has 0 amide bonds. The monoisotopic (exact) mass is 348 g/mol. The van der Waals surface area contributed by atoms with Crippen LogP contribution in [0.4, 0.5) is 5.69 Å². The van der Waals surface area contributed by atoms with Crippen molar-refractivity contribution in [3.8, 4) is 0 Å². The summed E-state index contributed by atoms with van der Waals surface area (Å²) < 4.78 is 0.968. The Morgan fingerprint density at radius 1 is 1.43 bits per heavy atom. The fraction of sp³-hybridized carbons (Fsp3) is 0.500. The zero-order valence-electron chi connectivity index (χ0n) is 12.6. The van der Waals surface area contributed by atoms with E-state index in [0.29, 0.717) is 6.04 Å². The van der Waals surface area contributed by atoms with Gasteiger partial charge in [-0.1, -0.05) is 6.92 Å². The molecule has 0 N–H and O–H groups in total. The van der Waals surface area contributed by atoms with Crippen LogP contribution in [0.1, 0.15) is 19.8 Å². The van der Waals surface area contributed by atoms with Gasteiger partial charge in [0.05, 0.1) is 11.2 Å². The molecule has 112 valence electrons. The van der Waals surface area contributed by atoms with Crippen LogP contribution in [-0.4, -0.2) is 47.6 Å². The standard InChI is InChI=1S/C16H21BrN4/c1-3-21-8-4-5-13(21)11-20(2)15-6-7-18-14-9-12(17)10-19-16(14)15/h6-7,9-10,13H,3-5,8,11H2,1-2H3. The smallest absolute Gasteiger partial charge is 0.112 e. The number of halogens is 1. The molecular formula is C16H21BrN4. The number of hydrogen-bond acceptors (Lipinski definition) is 4. The highest BCUT2D eigenvalue weighted by Gasteiger charge is 2.24. The zero-order valence-corrected chi connectivity index (χ0v) is 14.2. The Labute approximate surface area is 134 Å². The van der Waals surface area contributed by atoms with Gasteiger partial charge in [-0.2, -0.15) is 0 Å². The summed E-state index contributed by atoms with van der Waals surface area (Å²) in [6.07, 6.45) is 6.32. The lowest BCUT2D eigenvalue weighted by atomic mass is 10.2. The average molecular weight is 349 g/mol. The molecule has 0 bridgehead atoms. The molecule has 1 aliphatic rings. The summed E-state index contributed by atoms with van der Waals surface area (Å²) in [5.74, 6) is 0. The van der Waals surface area contributed by atoms with Gasteiger partial charge in [-0.25, -0.2) is 0 Å². The Hall–Kier alpha value is -1.20. The second-order valence-corrected chi connectivity index (χ2v) is 6.57. The topological polar surface area (TPSA) is 32.3 Å². The number of nitrogens with zero attached hydrogens (tertiary/aromatic N) is 4. The van der Waals surface area contributed by atoms with Gasteiger partial charge in [0.2, 0.25) is 0 Å². The molecule has 0 saturated carbocycles. The van der Waals surface area contributed by atoms with Crippen molar-refractivity contribution in [2.75, 3.05) is 31.6 Å². The van der Waals surface area contributed by atoms with Crippen LogP contribution in [0.2, 0.25) is 0 Å². The highest BCUT2D eigenvalue weighted by Crippen LogP contribution is 2.26. The largest absolute Gasteiger partial charge is 0.371 e. The molecular weight excluding hydrogens is 328 g/mol. The quantitative estimate of drug-likeness (QED) is 0.848. The summed E-state index contributed by atoms with van der Waals surface area (Å²) in [5.41, 5.74) is 3.08. The Balaban J connectivity index is 1.86. The number of pyridine rings is 2. The molecule has 4 nitrogen and oxygen atoms in total. The SMILES string of the molecule is CCN1CCCC1CN(C)c1ccnc2cc(Br)cnc12. The van der Waals surface area contributed by atoms with Crippen LogP contribution in [0.15, 0.2) is 29.0 Å². The molecule has 0 spiro atoms. The predicted octanol–water partition coefficient (Wildman–Crippen LogP) is 3.31. The Morgan fingerprint density at radius 3 is 3.10 bits per heavy atom. The van der Waals surface area contributed by atoms with Crippen LogP contribution < -0.4 is 4.90 Å². The minimum Gasteiger partial charge on any atom is -0.371 e. The van der Waals surface area contributed by atoms with E-state index in [4.69, 9.17) is 0 Å². The molecule has 2 aromatic heterocycles. The number of rotatable bonds is 4. The Morgan fingerprint density at radius 2 is 2.29 bits per heavy atom. The molecule has 21 heavy (non-hydrogen) atoms. The highest BCUT2D eigenvalue weighted by atomic mass is 79.9. The number of likely N-dealkylation sites (tertiary alicyclic amines) is 1. The molecule has 5 heteroatoms. The van der Waals surface area contributed by atoms with Gasteiger partial charge in [-0.15, -0.1) is 0 Å². The maximum Gasteiger partial charge on any atom is 0.112 e. The second-order valence-electron chi connectivity index (χ2n) is 5.66. The molecule has 0 aliphatic carbocycles. The normalized spacial score (nSPS) is 19.3. The van der Waals surface area contributed by atoms with Crippen molar-refractivity contribution in [3.63, 3.8) is 0 Å². The van der Waals surface area contributed by atoms with Gasteiger partial charge in [0.1, 0.15) is 5.52 Å². The van der Waals surface area contributed by atoms with Crippen LogP contribution in [0, 0.1) is 0 Å². The molecule has 1 atom stereocenters. The molecule has 0 radical (unpaired) electrons. The van der Waals surface area contributed by atoms with Gasteiger partial charge in [0.25, 0.3) is 0 Å². The van der Waals surface area contributed by atoms with Crippen LogP contribution in [0.3, 0.4) is 0 Å². The fourth-order valence-electron chi connectivity index (χ4n) is 3.23. The van der Waals surface area contributed by atoms with Crippen molar-refractivity contribution in [1.29, 1.82) is 0 Å². The van der Waals surface area contributed by atoms with E-state index in [1.54, 1.807) is 0 Å². The van der Waals surface area contributed by atoms with Gasteiger partial charge in [-0.05, 0) is 54.0 Å². The molecule has 3 heterocycles. The zero-order chi connectivity index (χ0) is 14.8. The van der Waals surface area contributed by atoms with E-state index in [1.165, 1.54) is 19.4 Å². The van der Waals surface area contributed by atoms with Crippen molar-refractivity contribution in [1.82, 2.24) is 14.9 Å². The second kappa shape index (κ2) is 6.28. The van der Waals surface area contributed by atoms with E-state index in [2.05, 4.69) is 55.7 Å². The van der Waals surface area contributed by atoms with Gasteiger partial charge >= 0.3 is 0 Å². The third-order valence-electron chi connectivity index (χ3n) is 4.32. The first-order valence-electron chi connectivity index (χ1n) is 7.54. The maximum atomic E-state index is 4.55. The first-order valence-corrected chi connectivity index (χ1v) is 8.33. The van der Waals surface area contributed by atoms with Crippen molar-refractivity contribution >= 4 is 32.7 Å². The van der Waals surface area contributed by atoms with E-state index in [9.17, 15) is 0 Å². The molecule has 1 fully saturated rings. The van der Waals surface area contributed by atoms with Gasteiger partial charge in [0.15, 0.2) is 0 Å². The van der Waals surface area contributed by atoms with E-state index in [-0.39, 0.29) is 0 Å². The number of hydrogen-bond donors (Lipinski definition) is 0. The van der Waals surface area contributed by atoms with Crippen molar-refractivity contribution in [2.45, 2.75) is 25.8 Å². The summed E-state index contributed by atoms with van der Waals surface area (Å²) in [7, 11) is 2.16. The average Bonchev–Trinajstić information content (AvgIpc) is 2.93. The van der Waals surface area contributed by atoms with Gasteiger partial charge in [0, 0.05) is 36.5 Å². The lowest BCUT2D eigenvalue weighted by molar-refractivity contribution is 0.271. The lowest BCUT2D eigenvalue weighted by Gasteiger charge is -2.29. The summed E-state index contributed by atoms with van der Waals surface area (Å²) in [5, 5.41) is 0. The minimum absolute atomic E-state index is 0.652. The van der Waals surface area contributed by atoms with E-state index in [1.807, 2.05) is 18.5 Å². The summed E-state index contributed by atoms with van der Waals surface area (Å²) in [6, 6.07) is 4.74. The van der Waals surface area contributed by atoms with Crippen LogP contribution in [0.25, 0.3) is 11.0 Å². The maximum absolute atomic E-state index is 4.55. The molecule has 3 rings (SSSR count). The van der Waals surface area contributed by atoms with Crippen LogP contribution in [-0.2, 0) is 0 Å². The minimum atomic E-state index is 0.652. The fourth-order valence-corrected chi connectivity index (χ4v) is 3.55. The van der Waals surface area contributed by atoms with Crippen molar-refractivity contribution in [2.24, 2.45) is 0 Å². The first kappa shape index (κ1) is 14.7. The molecule has 1 unspecified atom stereocenters. The van der Waals surface area contributed by atoms with E-state index < -0.39 is 0 Å². The van der Waals surface area contributed by atoms with Crippen LogP contribution >= 0.6 is 15.9 Å². The Kier molecular flexibility index (Phi) is 4.40. The highest BCUT2D eigenvalue weighted by molar-refractivity contribution is 9.10. The summed E-state index contributed by atoms with van der Waals surface area (Å²) in [6.45, 7) is 5.67. The molecule has 1 saturated heterocycles. The van der Waals surface area contributed by atoms with Crippen molar-refractivity contribution < 1.29 is 0 Å². The molecule has 2 aromatic rings. The predicted molar refractivity (Wildman–Crippen MR) is 90.8 cm³/mol. The molecule has 1 aliphatic heterocycles. The number of anilines is 1. The third-order valence-corrected chi connectivity index (χ3v) is 4.76. The van der Waals surface area contributed by atoms with E-state index >= 15 is 0 Å². The third kappa shape index (κ3) is 3.04.